The molecular formula is C11H12ClNO. The van der Waals surface area contributed by atoms with Crippen molar-refractivity contribution in [1.29, 1.82) is 0 Å². The standard InChI is InChI=1S/C11H12ClNO/c12-9-4-2-1-3-8(9)7-10-11(14)5-6-13-10/h1-4,10,13H,5-7H2. The van der Waals surface area contributed by atoms with Crippen LogP contribution >= 0.6 is 11.6 Å². The number of benzene rings is 1. The summed E-state index contributed by atoms with van der Waals surface area (Å²) in [6.45, 7) is 0.800. The highest BCUT2D eigenvalue weighted by Gasteiger charge is 2.24. The number of Topliss-reactive ketones (excluding diaryl/α,β-unsaturated/α-hetero) is 1. The normalized spacial score (nSPS) is 21.5. The van der Waals surface area contributed by atoms with Gasteiger partial charge in [-0.2, -0.15) is 0 Å². The third-order valence-corrected chi connectivity index (χ3v) is 2.90. The van der Waals surface area contributed by atoms with Gasteiger partial charge in [-0.3, -0.25) is 4.79 Å². The Morgan fingerprint density at radius 1 is 1.43 bits per heavy atom. The van der Waals surface area contributed by atoms with Crippen LogP contribution < -0.4 is 5.32 Å². The molecular weight excluding hydrogens is 198 g/mol. The topological polar surface area (TPSA) is 29.1 Å². The van der Waals surface area contributed by atoms with Crippen molar-refractivity contribution in [2.24, 2.45) is 0 Å². The minimum absolute atomic E-state index is 0.0325. The lowest BCUT2D eigenvalue weighted by Gasteiger charge is -2.09. The third kappa shape index (κ3) is 1.97. The molecule has 74 valence electrons. The summed E-state index contributed by atoms with van der Waals surface area (Å²) in [6, 6.07) is 7.64. The van der Waals surface area contributed by atoms with E-state index in [0.717, 1.165) is 17.1 Å². The molecule has 2 rings (SSSR count). The zero-order valence-electron chi connectivity index (χ0n) is 7.79. The van der Waals surface area contributed by atoms with E-state index in [1.54, 1.807) is 0 Å². The molecule has 1 aliphatic heterocycles. The zero-order chi connectivity index (χ0) is 9.97. The lowest BCUT2D eigenvalue weighted by molar-refractivity contribution is -0.118. The van der Waals surface area contributed by atoms with Gasteiger partial charge in [-0.25, -0.2) is 0 Å². The molecule has 0 amide bonds. The molecule has 1 N–H and O–H groups in total. The van der Waals surface area contributed by atoms with Gasteiger partial charge in [-0.15, -0.1) is 0 Å². The van der Waals surface area contributed by atoms with Gasteiger partial charge in [-0.1, -0.05) is 29.8 Å². The van der Waals surface area contributed by atoms with Crippen LogP contribution in [0, 0.1) is 0 Å². The van der Waals surface area contributed by atoms with Crippen LogP contribution in [0.2, 0.25) is 5.02 Å². The highest BCUT2D eigenvalue weighted by Crippen LogP contribution is 2.18. The minimum atomic E-state index is -0.0325. The predicted octanol–water partition coefficient (Wildman–Crippen LogP) is 1.81. The Balaban J connectivity index is 2.10. The van der Waals surface area contributed by atoms with Crippen molar-refractivity contribution in [3.05, 3.63) is 34.9 Å². The van der Waals surface area contributed by atoms with Crippen molar-refractivity contribution in [2.45, 2.75) is 18.9 Å². The number of hydrogen-bond donors (Lipinski definition) is 1. The molecule has 1 heterocycles. The lowest BCUT2D eigenvalue weighted by atomic mass is 10.0. The molecule has 0 spiro atoms. The maximum atomic E-state index is 11.4. The van der Waals surface area contributed by atoms with Gasteiger partial charge in [0.05, 0.1) is 6.04 Å². The molecule has 0 saturated carbocycles. The first-order chi connectivity index (χ1) is 6.77. The fourth-order valence-corrected chi connectivity index (χ4v) is 1.94. The molecule has 0 aliphatic carbocycles. The second kappa shape index (κ2) is 4.11. The van der Waals surface area contributed by atoms with Crippen molar-refractivity contribution in [3.8, 4) is 0 Å². The fourth-order valence-electron chi connectivity index (χ4n) is 1.73. The van der Waals surface area contributed by atoms with Crippen LogP contribution in [0.25, 0.3) is 0 Å². The fraction of sp³-hybridized carbons (Fsp3) is 0.364. The van der Waals surface area contributed by atoms with E-state index in [1.807, 2.05) is 24.3 Å². The highest BCUT2D eigenvalue weighted by atomic mass is 35.5. The first kappa shape index (κ1) is 9.69. The first-order valence-electron chi connectivity index (χ1n) is 4.77. The van der Waals surface area contributed by atoms with Gasteiger partial charge in [0.1, 0.15) is 0 Å². The van der Waals surface area contributed by atoms with Gasteiger partial charge in [0.25, 0.3) is 0 Å². The number of halogens is 1. The van der Waals surface area contributed by atoms with Crippen LogP contribution in [-0.2, 0) is 11.2 Å². The van der Waals surface area contributed by atoms with Crippen molar-refractivity contribution in [1.82, 2.24) is 5.32 Å². The number of carbonyl (C=O) groups excluding carboxylic acids is 1. The van der Waals surface area contributed by atoms with Gasteiger partial charge in [0.2, 0.25) is 0 Å². The van der Waals surface area contributed by atoms with E-state index in [2.05, 4.69) is 5.32 Å². The van der Waals surface area contributed by atoms with Gasteiger partial charge in [0.15, 0.2) is 5.78 Å². The Bertz CT molecular complexity index is 351. The number of rotatable bonds is 2. The predicted molar refractivity (Wildman–Crippen MR) is 56.6 cm³/mol. The Hall–Kier alpha value is -0.860. The molecule has 1 aliphatic rings. The molecule has 0 radical (unpaired) electrons. The molecule has 0 bridgehead atoms. The molecule has 1 saturated heterocycles. The molecule has 1 aromatic rings. The summed E-state index contributed by atoms with van der Waals surface area (Å²) in [7, 11) is 0. The maximum absolute atomic E-state index is 11.4. The molecule has 1 aromatic carbocycles. The Morgan fingerprint density at radius 3 is 2.86 bits per heavy atom. The van der Waals surface area contributed by atoms with E-state index < -0.39 is 0 Å². The van der Waals surface area contributed by atoms with Crippen molar-refractivity contribution < 1.29 is 4.79 Å². The van der Waals surface area contributed by atoms with Crippen molar-refractivity contribution in [3.63, 3.8) is 0 Å². The van der Waals surface area contributed by atoms with Crippen LogP contribution in [0.1, 0.15) is 12.0 Å². The summed E-state index contributed by atoms with van der Waals surface area (Å²) in [5.74, 6) is 0.296. The summed E-state index contributed by atoms with van der Waals surface area (Å²) in [5, 5.41) is 3.92. The summed E-state index contributed by atoms with van der Waals surface area (Å²) in [6.07, 6.45) is 1.35. The molecule has 2 nitrogen and oxygen atoms in total. The molecule has 0 aromatic heterocycles. The van der Waals surface area contributed by atoms with Gasteiger partial charge >= 0.3 is 0 Å². The number of carbonyl (C=O) groups is 1. The Labute approximate surface area is 88.3 Å². The molecule has 1 fully saturated rings. The van der Waals surface area contributed by atoms with E-state index in [0.29, 0.717) is 18.6 Å². The Kier molecular flexibility index (Phi) is 2.85. The van der Waals surface area contributed by atoms with Crippen LogP contribution in [0.4, 0.5) is 0 Å². The summed E-state index contributed by atoms with van der Waals surface area (Å²) >= 11 is 6.01. The Morgan fingerprint density at radius 2 is 2.21 bits per heavy atom. The zero-order valence-corrected chi connectivity index (χ0v) is 8.55. The highest BCUT2D eigenvalue weighted by molar-refractivity contribution is 6.31. The SMILES string of the molecule is O=C1CCNC1Cc1ccccc1Cl. The lowest BCUT2D eigenvalue weighted by Crippen LogP contribution is -2.29. The first-order valence-corrected chi connectivity index (χ1v) is 5.14. The molecule has 1 atom stereocenters. The third-order valence-electron chi connectivity index (χ3n) is 2.53. The summed E-state index contributed by atoms with van der Waals surface area (Å²) < 4.78 is 0. The maximum Gasteiger partial charge on any atom is 0.151 e. The quantitative estimate of drug-likeness (QED) is 0.805. The van der Waals surface area contributed by atoms with E-state index >= 15 is 0 Å². The average molecular weight is 210 g/mol. The molecule has 14 heavy (non-hydrogen) atoms. The number of hydrogen-bond acceptors (Lipinski definition) is 2. The monoisotopic (exact) mass is 209 g/mol. The number of ketones is 1. The van der Waals surface area contributed by atoms with Gasteiger partial charge in [0, 0.05) is 18.0 Å². The molecule has 3 heteroatoms. The van der Waals surface area contributed by atoms with Crippen LogP contribution in [0.3, 0.4) is 0 Å². The largest absolute Gasteiger partial charge is 0.307 e. The molecule has 1 unspecified atom stereocenters. The summed E-state index contributed by atoms with van der Waals surface area (Å²) in [5.41, 5.74) is 1.04. The van der Waals surface area contributed by atoms with E-state index in [9.17, 15) is 4.79 Å². The second-order valence-electron chi connectivity index (χ2n) is 3.52. The number of nitrogens with one attached hydrogen (secondary N) is 1. The average Bonchev–Trinajstić information content (AvgIpc) is 2.56. The van der Waals surface area contributed by atoms with Crippen LogP contribution in [-0.4, -0.2) is 18.4 Å². The second-order valence-corrected chi connectivity index (χ2v) is 3.93. The smallest absolute Gasteiger partial charge is 0.151 e. The van der Waals surface area contributed by atoms with E-state index in [1.165, 1.54) is 0 Å². The minimum Gasteiger partial charge on any atom is -0.307 e. The van der Waals surface area contributed by atoms with Gasteiger partial charge < -0.3 is 5.32 Å². The van der Waals surface area contributed by atoms with Gasteiger partial charge in [-0.05, 0) is 18.1 Å². The van der Waals surface area contributed by atoms with E-state index in [4.69, 9.17) is 11.6 Å². The van der Waals surface area contributed by atoms with Crippen molar-refractivity contribution in [2.75, 3.05) is 6.54 Å². The van der Waals surface area contributed by atoms with Crippen LogP contribution in [0.5, 0.6) is 0 Å². The van der Waals surface area contributed by atoms with Crippen molar-refractivity contribution >= 4 is 17.4 Å². The summed E-state index contributed by atoms with van der Waals surface area (Å²) in [4.78, 5) is 11.4. The van der Waals surface area contributed by atoms with E-state index in [-0.39, 0.29) is 6.04 Å². The van der Waals surface area contributed by atoms with Crippen LogP contribution in [0.15, 0.2) is 24.3 Å².